The van der Waals surface area contributed by atoms with E-state index in [0.29, 0.717) is 10.9 Å². The third kappa shape index (κ3) is 8.20. The van der Waals surface area contributed by atoms with Crippen molar-refractivity contribution in [2.45, 2.75) is 78.1 Å². The second kappa shape index (κ2) is 13.5. The number of aromatic nitrogens is 1. The Bertz CT molecular complexity index is 1360. The van der Waals surface area contributed by atoms with E-state index in [9.17, 15) is 24.3 Å². The fourth-order valence-corrected chi connectivity index (χ4v) is 4.39. The normalized spacial score (nSPS) is 22.4. The Morgan fingerprint density at radius 1 is 1.00 bits per heavy atom. The molecule has 222 valence electrons. The van der Waals surface area contributed by atoms with Crippen LogP contribution in [0, 0.1) is 0 Å². The number of ether oxygens (including phenoxy) is 5. The predicted molar refractivity (Wildman–Crippen MR) is 146 cm³/mol. The Hall–Kier alpha value is -4.11. The van der Waals surface area contributed by atoms with E-state index in [1.807, 2.05) is 32.0 Å². The minimum atomic E-state index is -1.38. The van der Waals surface area contributed by atoms with Gasteiger partial charge in [0.2, 0.25) is 11.0 Å². The molecule has 15 heteroatoms. The first-order chi connectivity index (χ1) is 19.3. The Kier molecular flexibility index (Phi) is 10.3. The van der Waals surface area contributed by atoms with Crippen LogP contribution in [0.25, 0.3) is 10.9 Å². The minimum Gasteiger partial charge on any atom is -0.493 e. The molecule has 3 N–H and O–H groups in total. The molecule has 0 amide bonds. The van der Waals surface area contributed by atoms with Crippen LogP contribution in [0.15, 0.2) is 28.4 Å². The lowest BCUT2D eigenvalue weighted by Crippen LogP contribution is -2.66. The molecule has 0 radical (unpaired) electrons. The highest BCUT2D eigenvalue weighted by Crippen LogP contribution is 2.37. The lowest BCUT2D eigenvalue weighted by Gasteiger charge is -2.44. The third-order valence-corrected chi connectivity index (χ3v) is 6.14. The molecule has 0 aliphatic carbocycles. The number of nitrogens with one attached hydrogen (secondary N) is 2. The maximum atomic E-state index is 12.0. The second-order valence-electron chi connectivity index (χ2n) is 9.55. The number of aromatic hydroxyl groups is 1. The van der Waals surface area contributed by atoms with Crippen LogP contribution >= 0.6 is 12.2 Å². The lowest BCUT2D eigenvalue weighted by atomic mass is 9.97. The summed E-state index contributed by atoms with van der Waals surface area (Å²) in [6, 6.07) is 5.62. The van der Waals surface area contributed by atoms with E-state index in [4.69, 9.17) is 35.9 Å². The van der Waals surface area contributed by atoms with E-state index >= 15 is 0 Å². The summed E-state index contributed by atoms with van der Waals surface area (Å²) in [5.74, 6) is -2.92. The number of thiocarbonyl (C=S) groups is 1. The zero-order valence-corrected chi connectivity index (χ0v) is 24.1. The average molecular weight is 593 g/mol. The van der Waals surface area contributed by atoms with Crippen molar-refractivity contribution in [3.05, 3.63) is 23.8 Å². The summed E-state index contributed by atoms with van der Waals surface area (Å²) in [7, 11) is 0. The van der Waals surface area contributed by atoms with Crippen molar-refractivity contribution in [1.82, 2.24) is 10.3 Å². The van der Waals surface area contributed by atoms with Gasteiger partial charge in [-0.2, -0.15) is 0 Å². The monoisotopic (exact) mass is 592 g/mol. The molecule has 14 nitrogen and oxygen atoms in total. The van der Waals surface area contributed by atoms with Gasteiger partial charge in [0.25, 0.3) is 0 Å². The molecule has 3 rings (SSSR count). The van der Waals surface area contributed by atoms with Gasteiger partial charge in [-0.15, -0.1) is 10.2 Å². The fourth-order valence-electron chi connectivity index (χ4n) is 4.23. The Labute approximate surface area is 240 Å². The molecule has 0 bridgehead atoms. The third-order valence-electron chi connectivity index (χ3n) is 5.94. The molecule has 1 fully saturated rings. The molecule has 41 heavy (non-hydrogen) atoms. The van der Waals surface area contributed by atoms with Crippen molar-refractivity contribution in [2.75, 3.05) is 6.61 Å². The van der Waals surface area contributed by atoms with E-state index in [-0.39, 0.29) is 22.6 Å². The number of hydrogen-bond donors (Lipinski definition) is 3. The molecule has 1 aromatic heterocycles. The Balaban J connectivity index is 1.93. The molecule has 1 aromatic carbocycles. The van der Waals surface area contributed by atoms with Crippen LogP contribution in [-0.2, 0) is 42.9 Å². The van der Waals surface area contributed by atoms with Gasteiger partial charge in [-0.3, -0.25) is 19.2 Å². The van der Waals surface area contributed by atoms with E-state index in [1.165, 1.54) is 6.92 Å². The molecule has 0 unspecified atom stereocenters. The highest BCUT2D eigenvalue weighted by Gasteiger charge is 2.52. The van der Waals surface area contributed by atoms with Crippen molar-refractivity contribution < 1.29 is 48.0 Å². The number of benzene rings is 1. The van der Waals surface area contributed by atoms with Gasteiger partial charge in [0.1, 0.15) is 12.7 Å². The lowest BCUT2D eigenvalue weighted by molar-refractivity contribution is -0.254. The number of nitrogens with zero attached hydrogens (tertiary/aromatic N) is 2. The van der Waals surface area contributed by atoms with Gasteiger partial charge in [-0.05, 0) is 35.8 Å². The SMILES string of the molecule is CC(=O)OC[C@H]1O[C@@H](NC(=S)N=Nc2c(O)[nH]c3ccc(C(C)C)cc23)[C@H](OC(C)=O)[C@@H](OC(C)=O)[C@@H]1OC(C)=O. The van der Waals surface area contributed by atoms with Crippen LogP contribution in [0.5, 0.6) is 5.88 Å². The number of rotatable bonds is 8. The Morgan fingerprint density at radius 3 is 2.20 bits per heavy atom. The van der Waals surface area contributed by atoms with E-state index < -0.39 is 61.1 Å². The molecule has 2 heterocycles. The zero-order valence-electron chi connectivity index (χ0n) is 23.3. The topological polar surface area (TPSA) is 187 Å². The first-order valence-electron chi connectivity index (χ1n) is 12.6. The summed E-state index contributed by atoms with van der Waals surface area (Å²) in [5.41, 5.74) is 1.80. The number of fused-ring (bicyclic) bond motifs is 1. The van der Waals surface area contributed by atoms with Crippen LogP contribution in [-0.4, -0.2) is 76.3 Å². The van der Waals surface area contributed by atoms with Crippen LogP contribution in [0.3, 0.4) is 0 Å². The summed E-state index contributed by atoms with van der Waals surface area (Å²) in [5, 5.41) is 21.6. The fraction of sp³-hybridized carbons (Fsp3) is 0.500. The summed E-state index contributed by atoms with van der Waals surface area (Å²) in [4.78, 5) is 50.2. The van der Waals surface area contributed by atoms with Crippen molar-refractivity contribution in [3.8, 4) is 5.88 Å². The largest absolute Gasteiger partial charge is 0.493 e. The van der Waals surface area contributed by atoms with Gasteiger partial charge in [-0.1, -0.05) is 19.9 Å². The smallest absolute Gasteiger partial charge is 0.303 e. The maximum absolute atomic E-state index is 12.0. The summed E-state index contributed by atoms with van der Waals surface area (Å²) in [6.07, 6.45) is -6.54. The van der Waals surface area contributed by atoms with E-state index in [0.717, 1.165) is 26.3 Å². The maximum Gasteiger partial charge on any atom is 0.303 e. The number of carbonyl (C=O) groups excluding carboxylic acids is 4. The number of hydrogen-bond acceptors (Lipinski definition) is 12. The van der Waals surface area contributed by atoms with E-state index in [1.54, 1.807) is 0 Å². The quantitative estimate of drug-likeness (QED) is 0.176. The summed E-state index contributed by atoms with van der Waals surface area (Å²) in [6.45, 7) is 8.19. The van der Waals surface area contributed by atoms with Crippen LogP contribution < -0.4 is 5.32 Å². The number of esters is 4. The van der Waals surface area contributed by atoms with Crippen LogP contribution in [0.2, 0.25) is 0 Å². The predicted octanol–water partition coefficient (Wildman–Crippen LogP) is 3.04. The summed E-state index contributed by atoms with van der Waals surface area (Å²) < 4.78 is 27.1. The van der Waals surface area contributed by atoms with Gasteiger partial charge < -0.3 is 39.1 Å². The number of H-pyrrole nitrogens is 1. The molecule has 0 spiro atoms. The number of aromatic amines is 1. The van der Waals surface area contributed by atoms with Crippen LogP contribution in [0.1, 0.15) is 53.0 Å². The molecule has 0 saturated carbocycles. The number of carbonyl (C=O) groups is 4. The highest BCUT2D eigenvalue weighted by atomic mass is 32.1. The Morgan fingerprint density at radius 2 is 1.61 bits per heavy atom. The molecular weight excluding hydrogens is 560 g/mol. The first-order valence-corrected chi connectivity index (χ1v) is 13.0. The standard InChI is InChI=1S/C26H32N4O10S/c1-11(2)16-7-8-18-17(9-16)20(24(35)27-18)29-30-26(41)28-25-23(39-15(6)34)22(38-14(5)33)21(37-13(4)32)19(40-25)10-36-12(3)31/h7-9,11,19,21-23,25,27,35H,10H2,1-6H3,(H,28,41)/t19-,21-,22+,23-,25-/m1/s1. The minimum absolute atomic E-state index is 0.146. The van der Waals surface area contributed by atoms with Crippen molar-refractivity contribution >= 4 is 57.8 Å². The molecule has 5 atom stereocenters. The average Bonchev–Trinajstić information content (AvgIpc) is 3.18. The van der Waals surface area contributed by atoms with Crippen molar-refractivity contribution in [3.63, 3.8) is 0 Å². The molecule has 1 aliphatic heterocycles. The van der Waals surface area contributed by atoms with Crippen molar-refractivity contribution in [1.29, 1.82) is 0 Å². The van der Waals surface area contributed by atoms with Gasteiger partial charge in [0, 0.05) is 33.1 Å². The van der Waals surface area contributed by atoms with Gasteiger partial charge in [0.15, 0.2) is 30.2 Å². The molecule has 1 saturated heterocycles. The van der Waals surface area contributed by atoms with Gasteiger partial charge in [0.05, 0.1) is 5.52 Å². The van der Waals surface area contributed by atoms with Crippen molar-refractivity contribution in [2.24, 2.45) is 10.2 Å². The summed E-state index contributed by atoms with van der Waals surface area (Å²) >= 11 is 5.32. The number of azo groups is 1. The first kappa shape index (κ1) is 31.4. The van der Waals surface area contributed by atoms with Crippen LogP contribution in [0.4, 0.5) is 5.69 Å². The van der Waals surface area contributed by atoms with Gasteiger partial charge in [-0.25, -0.2) is 0 Å². The highest BCUT2D eigenvalue weighted by molar-refractivity contribution is 7.80. The molecule has 2 aromatic rings. The molecular formula is C26H32N4O10S. The zero-order chi connectivity index (χ0) is 30.4. The van der Waals surface area contributed by atoms with E-state index in [2.05, 4.69) is 20.5 Å². The molecule has 1 aliphatic rings. The van der Waals surface area contributed by atoms with Gasteiger partial charge >= 0.3 is 23.9 Å². The second-order valence-corrected chi connectivity index (χ2v) is 9.94.